The zero-order valence-electron chi connectivity index (χ0n) is 9.04. The lowest BCUT2D eigenvalue weighted by Crippen LogP contribution is -2.50. The molecule has 0 radical (unpaired) electrons. The lowest BCUT2D eigenvalue weighted by Gasteiger charge is -2.42. The van der Waals surface area contributed by atoms with Crippen molar-refractivity contribution >= 4 is 0 Å². The van der Waals surface area contributed by atoms with Gasteiger partial charge in [-0.05, 0) is 56.5 Å². The highest BCUT2D eigenvalue weighted by Crippen LogP contribution is 2.41. The molecule has 3 aliphatic rings. The first kappa shape index (κ1) is 9.17. The quantitative estimate of drug-likeness (QED) is 0.729. The van der Waals surface area contributed by atoms with Gasteiger partial charge in [0.15, 0.2) is 0 Å². The van der Waals surface area contributed by atoms with Crippen LogP contribution in [-0.4, -0.2) is 37.6 Å². The maximum atomic E-state index is 3.44. The van der Waals surface area contributed by atoms with Crippen LogP contribution in [0.25, 0.3) is 0 Å². The Balaban J connectivity index is 1.37. The summed E-state index contributed by atoms with van der Waals surface area (Å²) in [6.45, 7) is 6.75. The van der Waals surface area contributed by atoms with Crippen molar-refractivity contribution in [3.05, 3.63) is 0 Å². The van der Waals surface area contributed by atoms with Crippen LogP contribution in [0.15, 0.2) is 0 Å². The second-order valence-electron chi connectivity index (χ2n) is 5.51. The first-order valence-corrected chi connectivity index (χ1v) is 6.35. The zero-order chi connectivity index (χ0) is 9.38. The summed E-state index contributed by atoms with van der Waals surface area (Å²) in [5.41, 5.74) is 0. The molecule has 0 amide bonds. The van der Waals surface area contributed by atoms with Crippen LogP contribution in [0, 0.1) is 17.8 Å². The molecule has 0 aromatic heterocycles. The number of nitrogens with zero attached hydrogens (tertiary/aromatic N) is 1. The molecule has 2 aliphatic heterocycles. The van der Waals surface area contributed by atoms with Crippen molar-refractivity contribution in [2.45, 2.75) is 25.7 Å². The van der Waals surface area contributed by atoms with Gasteiger partial charge in [0.25, 0.3) is 0 Å². The Hall–Kier alpha value is -0.0800. The van der Waals surface area contributed by atoms with Gasteiger partial charge in [-0.25, -0.2) is 0 Å². The molecule has 2 heteroatoms. The summed E-state index contributed by atoms with van der Waals surface area (Å²) in [5.74, 6) is 3.23. The van der Waals surface area contributed by atoms with Crippen molar-refractivity contribution in [3.63, 3.8) is 0 Å². The van der Waals surface area contributed by atoms with E-state index in [1.807, 2.05) is 0 Å². The van der Waals surface area contributed by atoms with E-state index in [1.165, 1.54) is 58.4 Å². The Kier molecular flexibility index (Phi) is 2.50. The van der Waals surface area contributed by atoms with Crippen LogP contribution in [0.3, 0.4) is 0 Å². The molecule has 0 spiro atoms. The molecule has 0 unspecified atom stereocenters. The predicted octanol–water partition coefficient (Wildman–Crippen LogP) is 1.33. The van der Waals surface area contributed by atoms with Crippen molar-refractivity contribution in [1.29, 1.82) is 0 Å². The fourth-order valence-electron chi connectivity index (χ4n) is 3.05. The van der Waals surface area contributed by atoms with Crippen molar-refractivity contribution in [3.8, 4) is 0 Å². The van der Waals surface area contributed by atoms with E-state index in [4.69, 9.17) is 0 Å². The standard InChI is InChI=1S/C12H22N2/c1-2-11(1)12-8-14(9-12)7-10-3-5-13-6-4-10/h10-13H,1-9H2. The van der Waals surface area contributed by atoms with E-state index in [1.54, 1.807) is 0 Å². The molecule has 2 saturated heterocycles. The summed E-state index contributed by atoms with van der Waals surface area (Å²) in [7, 11) is 0. The molecule has 2 nitrogen and oxygen atoms in total. The minimum atomic E-state index is 0.997. The largest absolute Gasteiger partial charge is 0.317 e. The van der Waals surface area contributed by atoms with E-state index in [0.29, 0.717) is 0 Å². The van der Waals surface area contributed by atoms with Crippen LogP contribution in [0.5, 0.6) is 0 Å². The highest BCUT2D eigenvalue weighted by molar-refractivity contribution is 4.92. The van der Waals surface area contributed by atoms with Crippen LogP contribution in [0.1, 0.15) is 25.7 Å². The Labute approximate surface area is 87.0 Å². The molecule has 1 aliphatic carbocycles. The summed E-state index contributed by atoms with van der Waals surface area (Å²) >= 11 is 0. The third-order valence-corrected chi connectivity index (χ3v) is 4.25. The number of piperidine rings is 1. The first-order valence-electron chi connectivity index (χ1n) is 6.35. The van der Waals surface area contributed by atoms with E-state index in [2.05, 4.69) is 10.2 Å². The molecule has 0 aromatic carbocycles. The van der Waals surface area contributed by atoms with Gasteiger partial charge in [-0.3, -0.25) is 0 Å². The second-order valence-corrected chi connectivity index (χ2v) is 5.51. The molecule has 80 valence electrons. The Morgan fingerprint density at radius 1 is 0.929 bits per heavy atom. The van der Waals surface area contributed by atoms with Crippen LogP contribution in [-0.2, 0) is 0 Å². The fourth-order valence-corrected chi connectivity index (χ4v) is 3.05. The average molecular weight is 194 g/mol. The van der Waals surface area contributed by atoms with Gasteiger partial charge in [-0.15, -0.1) is 0 Å². The van der Waals surface area contributed by atoms with E-state index < -0.39 is 0 Å². The van der Waals surface area contributed by atoms with Gasteiger partial charge in [-0.1, -0.05) is 0 Å². The molecule has 2 heterocycles. The summed E-state index contributed by atoms with van der Waals surface area (Å²) < 4.78 is 0. The van der Waals surface area contributed by atoms with Crippen LogP contribution in [0.2, 0.25) is 0 Å². The maximum Gasteiger partial charge on any atom is 0.00248 e. The van der Waals surface area contributed by atoms with Gasteiger partial charge in [0, 0.05) is 19.6 Å². The molecule has 14 heavy (non-hydrogen) atoms. The average Bonchev–Trinajstić information content (AvgIpc) is 2.96. The molecule has 0 atom stereocenters. The number of rotatable bonds is 3. The van der Waals surface area contributed by atoms with E-state index >= 15 is 0 Å². The van der Waals surface area contributed by atoms with Gasteiger partial charge in [0.05, 0.1) is 0 Å². The molecule has 1 N–H and O–H groups in total. The maximum absolute atomic E-state index is 3.44. The van der Waals surface area contributed by atoms with E-state index in [0.717, 1.165) is 17.8 Å². The highest BCUT2D eigenvalue weighted by Gasteiger charge is 2.39. The zero-order valence-corrected chi connectivity index (χ0v) is 9.04. The first-order chi connectivity index (χ1) is 6.92. The third-order valence-electron chi connectivity index (χ3n) is 4.25. The molecule has 1 saturated carbocycles. The monoisotopic (exact) mass is 194 g/mol. The van der Waals surface area contributed by atoms with Gasteiger partial charge in [-0.2, -0.15) is 0 Å². The van der Waals surface area contributed by atoms with Crippen LogP contribution in [0.4, 0.5) is 0 Å². The molecule has 3 rings (SSSR count). The van der Waals surface area contributed by atoms with Crippen LogP contribution < -0.4 is 5.32 Å². The Morgan fingerprint density at radius 2 is 1.64 bits per heavy atom. The smallest absolute Gasteiger partial charge is 0.00248 e. The Morgan fingerprint density at radius 3 is 2.29 bits per heavy atom. The highest BCUT2D eigenvalue weighted by atomic mass is 15.2. The lowest BCUT2D eigenvalue weighted by molar-refractivity contribution is 0.0622. The van der Waals surface area contributed by atoms with Crippen molar-refractivity contribution < 1.29 is 0 Å². The summed E-state index contributed by atoms with van der Waals surface area (Å²) in [5, 5.41) is 3.44. The second kappa shape index (κ2) is 3.82. The summed E-state index contributed by atoms with van der Waals surface area (Å²) in [6.07, 6.45) is 5.88. The van der Waals surface area contributed by atoms with Crippen LogP contribution >= 0.6 is 0 Å². The number of nitrogens with one attached hydrogen (secondary N) is 1. The number of hydrogen-bond acceptors (Lipinski definition) is 2. The fraction of sp³-hybridized carbons (Fsp3) is 1.00. The molecular formula is C12H22N2. The van der Waals surface area contributed by atoms with Gasteiger partial charge in [0.1, 0.15) is 0 Å². The third kappa shape index (κ3) is 1.96. The number of likely N-dealkylation sites (tertiary alicyclic amines) is 1. The topological polar surface area (TPSA) is 15.3 Å². The van der Waals surface area contributed by atoms with Crippen molar-refractivity contribution in [2.75, 3.05) is 32.7 Å². The van der Waals surface area contributed by atoms with Gasteiger partial charge < -0.3 is 10.2 Å². The number of hydrogen-bond donors (Lipinski definition) is 1. The molecule has 0 bridgehead atoms. The van der Waals surface area contributed by atoms with Gasteiger partial charge >= 0.3 is 0 Å². The van der Waals surface area contributed by atoms with Crippen molar-refractivity contribution in [2.24, 2.45) is 17.8 Å². The van der Waals surface area contributed by atoms with E-state index in [-0.39, 0.29) is 0 Å². The minimum Gasteiger partial charge on any atom is -0.317 e. The Bertz CT molecular complexity index is 188. The van der Waals surface area contributed by atoms with Gasteiger partial charge in [0.2, 0.25) is 0 Å². The molecular weight excluding hydrogens is 172 g/mol. The summed E-state index contributed by atoms with van der Waals surface area (Å²) in [6, 6.07) is 0. The molecule has 0 aromatic rings. The van der Waals surface area contributed by atoms with Crippen molar-refractivity contribution in [1.82, 2.24) is 10.2 Å². The lowest BCUT2D eigenvalue weighted by atomic mass is 9.91. The molecule has 3 fully saturated rings. The van der Waals surface area contributed by atoms with E-state index in [9.17, 15) is 0 Å². The summed E-state index contributed by atoms with van der Waals surface area (Å²) in [4.78, 5) is 2.69. The normalized spacial score (nSPS) is 31.7. The minimum absolute atomic E-state index is 0.997. The SMILES string of the molecule is C1CC(CN2CC(C3CC3)C2)CCN1. The predicted molar refractivity (Wildman–Crippen MR) is 58.2 cm³/mol.